The first-order valence-corrected chi connectivity index (χ1v) is 7.19. The molecule has 1 aromatic carbocycles. The predicted molar refractivity (Wildman–Crippen MR) is 68.8 cm³/mol. The van der Waals surface area contributed by atoms with Gasteiger partial charge in [-0.25, -0.2) is 13.1 Å². The number of nitrogens with one attached hydrogen (secondary N) is 1. The van der Waals surface area contributed by atoms with Crippen LogP contribution in [0.4, 0.5) is 0 Å². The van der Waals surface area contributed by atoms with Crippen LogP contribution in [-0.4, -0.2) is 27.2 Å². The molecular formula is C11H14ClNO4S. The first-order valence-electron chi connectivity index (χ1n) is 5.16. The van der Waals surface area contributed by atoms with Crippen LogP contribution >= 0.6 is 11.6 Å². The molecule has 0 amide bonds. The fraction of sp³-hybridized carbons (Fsp3) is 0.364. The lowest BCUT2D eigenvalue weighted by Gasteiger charge is -2.14. The maximum Gasteiger partial charge on any atom is 0.322 e. The number of carbonyl (C=O) groups excluding carboxylic acids is 1. The SMILES string of the molecule is COC(=O)CS(=O)(=O)NC(C)c1cccc(Cl)c1. The molecule has 0 aliphatic rings. The van der Waals surface area contributed by atoms with E-state index in [1.807, 2.05) is 0 Å². The van der Waals surface area contributed by atoms with E-state index in [0.717, 1.165) is 12.7 Å². The molecule has 0 heterocycles. The Hall–Kier alpha value is -1.11. The fourth-order valence-corrected chi connectivity index (χ4v) is 2.75. The minimum Gasteiger partial charge on any atom is -0.468 e. The van der Waals surface area contributed by atoms with Gasteiger partial charge in [-0.05, 0) is 24.6 Å². The van der Waals surface area contributed by atoms with Crippen molar-refractivity contribution in [3.05, 3.63) is 34.9 Å². The summed E-state index contributed by atoms with van der Waals surface area (Å²) in [5.74, 6) is -1.50. The Morgan fingerprint density at radius 3 is 2.72 bits per heavy atom. The van der Waals surface area contributed by atoms with Crippen molar-refractivity contribution in [1.29, 1.82) is 0 Å². The van der Waals surface area contributed by atoms with Crippen molar-refractivity contribution >= 4 is 27.6 Å². The number of methoxy groups -OCH3 is 1. The molecule has 5 nitrogen and oxygen atoms in total. The summed E-state index contributed by atoms with van der Waals surface area (Å²) in [6, 6.07) is 6.35. The number of esters is 1. The van der Waals surface area contributed by atoms with Crippen LogP contribution in [0.2, 0.25) is 5.02 Å². The van der Waals surface area contributed by atoms with Crippen molar-refractivity contribution in [2.45, 2.75) is 13.0 Å². The molecule has 0 spiro atoms. The van der Waals surface area contributed by atoms with Crippen LogP contribution < -0.4 is 4.72 Å². The second kappa shape index (κ2) is 6.17. The van der Waals surface area contributed by atoms with Gasteiger partial charge in [0.25, 0.3) is 0 Å². The number of hydrogen-bond acceptors (Lipinski definition) is 4. The van der Waals surface area contributed by atoms with Gasteiger partial charge in [-0.1, -0.05) is 23.7 Å². The molecule has 0 aliphatic carbocycles. The van der Waals surface area contributed by atoms with Gasteiger partial charge in [0.2, 0.25) is 10.0 Å². The van der Waals surface area contributed by atoms with Gasteiger partial charge in [-0.3, -0.25) is 4.79 Å². The first kappa shape index (κ1) is 14.9. The van der Waals surface area contributed by atoms with Crippen molar-refractivity contribution in [2.24, 2.45) is 0 Å². The monoisotopic (exact) mass is 291 g/mol. The third-order valence-corrected chi connectivity index (χ3v) is 3.80. The standard InChI is InChI=1S/C11H14ClNO4S/c1-8(9-4-3-5-10(12)6-9)13-18(15,16)7-11(14)17-2/h3-6,8,13H,7H2,1-2H3. The number of rotatable bonds is 5. The third kappa shape index (κ3) is 4.64. The largest absolute Gasteiger partial charge is 0.468 e. The number of hydrogen-bond donors (Lipinski definition) is 1. The zero-order valence-corrected chi connectivity index (χ0v) is 11.6. The molecule has 0 aliphatic heterocycles. The van der Waals surface area contributed by atoms with E-state index in [0.29, 0.717) is 5.02 Å². The molecule has 100 valence electrons. The number of sulfonamides is 1. The summed E-state index contributed by atoms with van der Waals surface area (Å²) in [5, 5.41) is 0.520. The van der Waals surface area contributed by atoms with Crippen molar-refractivity contribution in [2.75, 3.05) is 12.9 Å². The average molecular weight is 292 g/mol. The lowest BCUT2D eigenvalue weighted by molar-refractivity contribution is -0.137. The van der Waals surface area contributed by atoms with Crippen molar-refractivity contribution in [1.82, 2.24) is 4.72 Å². The van der Waals surface area contributed by atoms with Crippen LogP contribution in [0.15, 0.2) is 24.3 Å². The van der Waals surface area contributed by atoms with E-state index in [1.54, 1.807) is 31.2 Å². The van der Waals surface area contributed by atoms with Gasteiger partial charge < -0.3 is 4.74 Å². The van der Waals surface area contributed by atoms with Gasteiger partial charge in [-0.15, -0.1) is 0 Å². The van der Waals surface area contributed by atoms with Crippen LogP contribution in [0, 0.1) is 0 Å². The Balaban J connectivity index is 2.75. The lowest BCUT2D eigenvalue weighted by Crippen LogP contribution is -2.32. The Morgan fingerprint density at radius 2 is 2.17 bits per heavy atom. The molecular weight excluding hydrogens is 278 g/mol. The van der Waals surface area contributed by atoms with Gasteiger partial charge in [-0.2, -0.15) is 0 Å². The molecule has 1 N–H and O–H groups in total. The molecule has 7 heteroatoms. The highest BCUT2D eigenvalue weighted by Gasteiger charge is 2.20. The highest BCUT2D eigenvalue weighted by molar-refractivity contribution is 7.90. The van der Waals surface area contributed by atoms with E-state index in [4.69, 9.17) is 11.6 Å². The minimum absolute atomic E-state index is 0.474. The fourth-order valence-electron chi connectivity index (χ4n) is 1.37. The van der Waals surface area contributed by atoms with Crippen LogP contribution in [0.25, 0.3) is 0 Å². The number of benzene rings is 1. The zero-order valence-electron chi connectivity index (χ0n) is 10.0. The van der Waals surface area contributed by atoms with Gasteiger partial charge in [0, 0.05) is 11.1 Å². The Kier molecular flexibility index (Phi) is 5.13. The molecule has 1 aromatic rings. The van der Waals surface area contributed by atoms with Gasteiger partial charge in [0.1, 0.15) is 0 Å². The van der Waals surface area contributed by atoms with Gasteiger partial charge in [0.15, 0.2) is 5.75 Å². The van der Waals surface area contributed by atoms with Crippen LogP contribution in [0.1, 0.15) is 18.5 Å². The van der Waals surface area contributed by atoms with Gasteiger partial charge >= 0.3 is 5.97 Å². The molecule has 0 radical (unpaired) electrons. The molecule has 0 saturated heterocycles. The minimum atomic E-state index is -3.72. The maximum atomic E-state index is 11.6. The van der Waals surface area contributed by atoms with E-state index in [1.165, 1.54) is 0 Å². The summed E-state index contributed by atoms with van der Waals surface area (Å²) in [6.07, 6.45) is 0. The second-order valence-corrected chi connectivity index (χ2v) is 5.92. The zero-order chi connectivity index (χ0) is 13.8. The summed E-state index contributed by atoms with van der Waals surface area (Å²) in [5.41, 5.74) is 0.718. The summed E-state index contributed by atoms with van der Waals surface area (Å²) in [4.78, 5) is 10.9. The molecule has 0 fully saturated rings. The van der Waals surface area contributed by atoms with E-state index >= 15 is 0 Å². The summed E-state index contributed by atoms with van der Waals surface area (Å²) < 4.78 is 29.9. The highest BCUT2D eigenvalue weighted by Crippen LogP contribution is 2.17. The van der Waals surface area contributed by atoms with Crippen molar-refractivity contribution in [3.63, 3.8) is 0 Å². The van der Waals surface area contributed by atoms with E-state index in [-0.39, 0.29) is 0 Å². The highest BCUT2D eigenvalue weighted by atomic mass is 35.5. The normalized spacial score (nSPS) is 13.1. The van der Waals surface area contributed by atoms with Crippen molar-refractivity contribution in [3.8, 4) is 0 Å². The first-order chi connectivity index (χ1) is 8.34. The number of halogens is 1. The van der Waals surface area contributed by atoms with Crippen LogP contribution in [0.5, 0.6) is 0 Å². The molecule has 0 aromatic heterocycles. The molecule has 1 unspecified atom stereocenters. The lowest BCUT2D eigenvalue weighted by atomic mass is 10.1. The molecule has 18 heavy (non-hydrogen) atoms. The van der Waals surface area contributed by atoms with E-state index in [2.05, 4.69) is 9.46 Å². The third-order valence-electron chi connectivity index (χ3n) is 2.24. The number of ether oxygens (including phenoxy) is 1. The Morgan fingerprint density at radius 1 is 1.50 bits per heavy atom. The van der Waals surface area contributed by atoms with Crippen LogP contribution in [0.3, 0.4) is 0 Å². The smallest absolute Gasteiger partial charge is 0.322 e. The second-order valence-electron chi connectivity index (χ2n) is 3.73. The predicted octanol–water partition coefficient (Wildman–Crippen LogP) is 1.49. The summed E-state index contributed by atoms with van der Waals surface area (Å²) in [7, 11) is -2.58. The molecule has 1 rings (SSSR count). The Labute approximate surface area is 111 Å². The molecule has 1 atom stereocenters. The Bertz CT molecular complexity index is 530. The van der Waals surface area contributed by atoms with Crippen molar-refractivity contribution < 1.29 is 17.9 Å². The topological polar surface area (TPSA) is 72.5 Å². The van der Waals surface area contributed by atoms with Crippen LogP contribution in [-0.2, 0) is 19.6 Å². The average Bonchev–Trinajstić information content (AvgIpc) is 2.27. The number of carbonyl (C=O) groups is 1. The molecule has 0 saturated carbocycles. The maximum absolute atomic E-state index is 11.6. The van der Waals surface area contributed by atoms with Gasteiger partial charge in [0.05, 0.1) is 7.11 Å². The quantitative estimate of drug-likeness (QED) is 0.834. The van der Waals surface area contributed by atoms with E-state index in [9.17, 15) is 13.2 Å². The van der Waals surface area contributed by atoms with E-state index < -0.39 is 27.8 Å². The molecule has 0 bridgehead atoms. The summed E-state index contributed by atoms with van der Waals surface area (Å²) >= 11 is 5.82. The summed E-state index contributed by atoms with van der Waals surface area (Å²) in [6.45, 7) is 1.67.